The number of nitrogens with zero attached hydrogens (tertiary/aromatic N) is 2. The number of rotatable bonds is 20. The Labute approximate surface area is 250 Å². The number of unbranched alkanes of at least 4 members (excludes halogenated alkanes) is 13. The molecule has 0 saturated carbocycles. The van der Waals surface area contributed by atoms with Gasteiger partial charge in [-0.1, -0.05) is 139 Å². The van der Waals surface area contributed by atoms with E-state index < -0.39 is 28.4 Å². The Morgan fingerprint density at radius 2 is 1.36 bits per heavy atom. The quantitative estimate of drug-likeness (QED) is 0.0736. The fourth-order valence-electron chi connectivity index (χ4n) is 5.65. The van der Waals surface area contributed by atoms with E-state index in [2.05, 4.69) is 6.92 Å². The third-order valence-corrected chi connectivity index (χ3v) is 7.98. The minimum Gasteiger partial charge on any atom is -0.503 e. The predicted octanol–water partition coefficient (Wildman–Crippen LogP) is 9.05. The number of nitro benzene ring substituents is 1. The second-order valence-corrected chi connectivity index (χ2v) is 11.2. The number of hydrogen-bond donors (Lipinski definition) is 1. The standard InChI is InChI=1S/C35H46N2O5/c1-2-3-4-5-6-7-8-9-10-11-12-13-14-20-27-36-33(29-23-18-19-24-30(29)37(41)42)32(34(39)35(36)40)31(38)26-25-28-21-16-15-17-22-28/h15-19,21-26,33,39H,2-14,20,27H2,1H3. The molecule has 1 aliphatic heterocycles. The van der Waals surface area contributed by atoms with Crippen molar-refractivity contribution in [2.24, 2.45) is 0 Å². The van der Waals surface area contributed by atoms with Gasteiger partial charge in [-0.3, -0.25) is 19.7 Å². The number of ketones is 1. The maximum absolute atomic E-state index is 13.3. The fourth-order valence-corrected chi connectivity index (χ4v) is 5.65. The molecule has 0 fully saturated rings. The van der Waals surface area contributed by atoms with Crippen molar-refractivity contribution in [2.45, 2.75) is 103 Å². The molecule has 0 spiro atoms. The number of aliphatic hydroxyl groups excluding tert-OH is 1. The van der Waals surface area contributed by atoms with Crippen LogP contribution in [-0.2, 0) is 9.59 Å². The van der Waals surface area contributed by atoms with Gasteiger partial charge in [0.1, 0.15) is 0 Å². The largest absolute Gasteiger partial charge is 0.503 e. The summed E-state index contributed by atoms with van der Waals surface area (Å²) in [6.45, 7) is 2.55. The average Bonchev–Trinajstić information content (AvgIpc) is 3.25. The highest BCUT2D eigenvalue weighted by atomic mass is 16.6. The lowest BCUT2D eigenvalue weighted by atomic mass is 9.94. The van der Waals surface area contributed by atoms with E-state index in [9.17, 15) is 24.8 Å². The molecule has 1 unspecified atom stereocenters. The minimum atomic E-state index is -1.02. The highest BCUT2D eigenvalue weighted by Gasteiger charge is 2.44. The minimum absolute atomic E-state index is 0.119. The maximum atomic E-state index is 13.3. The second kappa shape index (κ2) is 17.9. The Kier molecular flexibility index (Phi) is 14.0. The predicted molar refractivity (Wildman–Crippen MR) is 168 cm³/mol. The molecule has 0 bridgehead atoms. The summed E-state index contributed by atoms with van der Waals surface area (Å²) in [5.74, 6) is -1.84. The van der Waals surface area contributed by atoms with Gasteiger partial charge in [0.25, 0.3) is 11.6 Å². The van der Waals surface area contributed by atoms with Gasteiger partial charge in [0.05, 0.1) is 22.1 Å². The van der Waals surface area contributed by atoms with Crippen molar-refractivity contribution in [3.05, 3.63) is 93.2 Å². The van der Waals surface area contributed by atoms with Crippen LogP contribution in [0.2, 0.25) is 0 Å². The van der Waals surface area contributed by atoms with E-state index in [1.54, 1.807) is 24.3 Å². The summed E-state index contributed by atoms with van der Waals surface area (Å²) in [5, 5.41) is 22.7. The molecule has 0 saturated heterocycles. The van der Waals surface area contributed by atoms with Gasteiger partial charge in [0.15, 0.2) is 11.5 Å². The van der Waals surface area contributed by atoms with Gasteiger partial charge >= 0.3 is 0 Å². The van der Waals surface area contributed by atoms with Crippen LogP contribution in [0.3, 0.4) is 0 Å². The Hall–Kier alpha value is -3.74. The van der Waals surface area contributed by atoms with Crippen molar-refractivity contribution in [1.29, 1.82) is 0 Å². The maximum Gasteiger partial charge on any atom is 0.290 e. The fraction of sp³-hybridized carbons (Fsp3) is 0.486. The second-order valence-electron chi connectivity index (χ2n) is 11.2. The molecule has 0 aromatic heterocycles. The number of aliphatic hydroxyl groups is 1. The van der Waals surface area contributed by atoms with Crippen LogP contribution in [0, 0.1) is 10.1 Å². The summed E-state index contributed by atoms with van der Waals surface area (Å²) >= 11 is 0. The molecule has 7 heteroatoms. The van der Waals surface area contributed by atoms with Crippen LogP contribution >= 0.6 is 0 Å². The number of carbonyl (C=O) groups excluding carboxylic acids is 2. The molecule has 0 aliphatic carbocycles. The molecule has 1 atom stereocenters. The Balaban J connectivity index is 1.57. The van der Waals surface area contributed by atoms with Gasteiger partial charge in [-0.2, -0.15) is 0 Å². The molecule has 226 valence electrons. The van der Waals surface area contributed by atoms with Crippen LogP contribution < -0.4 is 0 Å². The monoisotopic (exact) mass is 574 g/mol. The van der Waals surface area contributed by atoms with Crippen molar-refractivity contribution >= 4 is 23.5 Å². The summed E-state index contributed by atoms with van der Waals surface area (Å²) in [5.41, 5.74) is 0.707. The summed E-state index contributed by atoms with van der Waals surface area (Å²) in [6, 6.07) is 14.3. The number of nitro groups is 1. The molecular formula is C35H46N2O5. The number of para-hydroxylation sites is 1. The Bertz CT molecular complexity index is 1220. The van der Waals surface area contributed by atoms with Crippen molar-refractivity contribution in [2.75, 3.05) is 6.54 Å². The van der Waals surface area contributed by atoms with Crippen LogP contribution in [0.25, 0.3) is 6.08 Å². The third-order valence-electron chi connectivity index (χ3n) is 7.98. The third kappa shape index (κ3) is 9.68. The van der Waals surface area contributed by atoms with Crippen LogP contribution in [0.1, 0.15) is 114 Å². The summed E-state index contributed by atoms with van der Waals surface area (Å²) in [7, 11) is 0. The summed E-state index contributed by atoms with van der Waals surface area (Å²) in [6.07, 6.45) is 19.8. The van der Waals surface area contributed by atoms with E-state index in [1.165, 1.54) is 81.3 Å². The lowest BCUT2D eigenvalue weighted by Crippen LogP contribution is -2.32. The summed E-state index contributed by atoms with van der Waals surface area (Å²) in [4.78, 5) is 39.3. The molecule has 0 radical (unpaired) electrons. The molecule has 1 N–H and O–H groups in total. The lowest BCUT2D eigenvalue weighted by Gasteiger charge is -2.26. The smallest absolute Gasteiger partial charge is 0.290 e. The number of benzene rings is 2. The highest BCUT2D eigenvalue weighted by Crippen LogP contribution is 2.41. The zero-order chi connectivity index (χ0) is 30.2. The van der Waals surface area contributed by atoms with Gasteiger partial charge in [-0.15, -0.1) is 0 Å². The van der Waals surface area contributed by atoms with Crippen molar-refractivity contribution in [1.82, 2.24) is 4.90 Å². The Morgan fingerprint density at radius 3 is 1.93 bits per heavy atom. The van der Waals surface area contributed by atoms with E-state index in [1.807, 2.05) is 30.3 Å². The van der Waals surface area contributed by atoms with E-state index in [0.717, 1.165) is 24.8 Å². The normalized spacial score (nSPS) is 15.2. The molecule has 3 rings (SSSR count). The highest BCUT2D eigenvalue weighted by molar-refractivity contribution is 6.14. The van der Waals surface area contributed by atoms with Gasteiger partial charge in [0.2, 0.25) is 0 Å². The SMILES string of the molecule is CCCCCCCCCCCCCCCCN1C(=O)C(O)=C(C(=O)C=Cc2ccccc2)C1c1ccccc1[N+](=O)[O-]. The molecule has 7 nitrogen and oxygen atoms in total. The van der Waals surface area contributed by atoms with Crippen molar-refractivity contribution < 1.29 is 19.6 Å². The van der Waals surface area contributed by atoms with Crippen molar-refractivity contribution in [3.63, 3.8) is 0 Å². The Morgan fingerprint density at radius 1 is 0.833 bits per heavy atom. The zero-order valence-corrected chi connectivity index (χ0v) is 25.0. The van der Waals surface area contributed by atoms with E-state index in [0.29, 0.717) is 13.0 Å². The van der Waals surface area contributed by atoms with Crippen molar-refractivity contribution in [3.8, 4) is 0 Å². The van der Waals surface area contributed by atoms with Crippen LogP contribution in [0.5, 0.6) is 0 Å². The number of allylic oxidation sites excluding steroid dienone is 1. The molecule has 42 heavy (non-hydrogen) atoms. The first kappa shape index (κ1) is 32.8. The topological polar surface area (TPSA) is 101 Å². The molecule has 2 aromatic carbocycles. The molecule has 1 aliphatic rings. The number of amides is 1. The van der Waals surface area contributed by atoms with Gasteiger partial charge in [-0.25, -0.2) is 0 Å². The first-order chi connectivity index (χ1) is 20.5. The molecule has 1 amide bonds. The zero-order valence-electron chi connectivity index (χ0n) is 25.0. The number of hydrogen-bond acceptors (Lipinski definition) is 5. The first-order valence-electron chi connectivity index (χ1n) is 15.7. The van der Waals surface area contributed by atoms with Crippen LogP contribution in [0.4, 0.5) is 5.69 Å². The van der Waals surface area contributed by atoms with Crippen LogP contribution in [0.15, 0.2) is 72.0 Å². The van der Waals surface area contributed by atoms with Gasteiger partial charge in [0, 0.05) is 12.6 Å². The molecule has 2 aromatic rings. The summed E-state index contributed by atoms with van der Waals surface area (Å²) < 4.78 is 0. The first-order valence-corrected chi connectivity index (χ1v) is 15.7. The lowest BCUT2D eigenvalue weighted by molar-refractivity contribution is -0.385. The van der Waals surface area contributed by atoms with E-state index >= 15 is 0 Å². The van der Waals surface area contributed by atoms with Gasteiger partial charge < -0.3 is 10.0 Å². The van der Waals surface area contributed by atoms with Gasteiger partial charge in [-0.05, 0) is 24.1 Å². The van der Waals surface area contributed by atoms with Crippen LogP contribution in [-0.4, -0.2) is 33.2 Å². The number of carbonyl (C=O) groups is 2. The molecular weight excluding hydrogens is 528 g/mol. The van der Waals surface area contributed by atoms with E-state index in [4.69, 9.17) is 0 Å². The van der Waals surface area contributed by atoms with E-state index in [-0.39, 0.29) is 16.8 Å². The molecule has 1 heterocycles. The average molecular weight is 575 g/mol.